The highest BCUT2D eigenvalue weighted by atomic mass is 32.1. The van der Waals surface area contributed by atoms with E-state index in [1.807, 2.05) is 31.5 Å². The van der Waals surface area contributed by atoms with Crippen LogP contribution in [0.25, 0.3) is 21.6 Å². The van der Waals surface area contributed by atoms with Crippen molar-refractivity contribution in [1.29, 1.82) is 0 Å². The van der Waals surface area contributed by atoms with E-state index >= 15 is 0 Å². The molecule has 0 amide bonds. The minimum Gasteiger partial charge on any atom is -0.316 e. The second-order valence-electron chi connectivity index (χ2n) is 8.39. The lowest BCUT2D eigenvalue weighted by Crippen LogP contribution is -2.31. The van der Waals surface area contributed by atoms with Crippen molar-refractivity contribution in [3.05, 3.63) is 47.9 Å². The maximum Gasteiger partial charge on any atom is 0.190 e. The molecule has 2 atom stereocenters. The molecule has 5 heterocycles. The van der Waals surface area contributed by atoms with E-state index in [1.165, 1.54) is 31.4 Å². The number of hydrogen-bond donors (Lipinski definition) is 2. The quantitative estimate of drug-likeness (QED) is 0.497. The van der Waals surface area contributed by atoms with Gasteiger partial charge in [-0.1, -0.05) is 11.3 Å². The molecular formula is C22H23N7S. The van der Waals surface area contributed by atoms with Crippen LogP contribution in [0.2, 0.25) is 0 Å². The van der Waals surface area contributed by atoms with Gasteiger partial charge in [0.15, 0.2) is 5.13 Å². The molecule has 2 fully saturated rings. The second-order valence-corrected chi connectivity index (χ2v) is 9.36. The molecule has 4 aromatic heterocycles. The monoisotopic (exact) mass is 417 g/mol. The third-order valence-corrected chi connectivity index (χ3v) is 7.21. The molecule has 0 radical (unpaired) electrons. The van der Waals surface area contributed by atoms with Crippen molar-refractivity contribution in [3.8, 4) is 11.3 Å². The number of aromatic amines is 1. The predicted octanol–water partition coefficient (Wildman–Crippen LogP) is 4.51. The number of anilines is 2. The first kappa shape index (κ1) is 18.0. The summed E-state index contributed by atoms with van der Waals surface area (Å²) < 4.78 is 0. The van der Waals surface area contributed by atoms with Gasteiger partial charge in [-0.2, -0.15) is 5.10 Å². The predicted molar refractivity (Wildman–Crippen MR) is 119 cm³/mol. The van der Waals surface area contributed by atoms with E-state index in [9.17, 15) is 0 Å². The van der Waals surface area contributed by atoms with Gasteiger partial charge in [0.05, 0.1) is 11.9 Å². The van der Waals surface area contributed by atoms with Gasteiger partial charge < -0.3 is 5.32 Å². The maximum atomic E-state index is 4.78. The van der Waals surface area contributed by atoms with Crippen molar-refractivity contribution >= 4 is 32.6 Å². The standard InChI is InChI=1S/C22H23N7S/c1-13-17(10-24-28-13)18-4-5-19-21(25-18)30-22(26-19)27-20-9-15(6-7-23-20)12-29-11-14-2-3-16(29)8-14/h4-7,9-10,14,16H,2-3,8,11-12H2,1H3,(H,24,28)(H,23,26,27)/t14-,16+/m1/s1. The van der Waals surface area contributed by atoms with Crippen LogP contribution in [0.4, 0.5) is 10.9 Å². The highest BCUT2D eigenvalue weighted by Crippen LogP contribution is 2.38. The maximum absolute atomic E-state index is 4.78. The fourth-order valence-corrected chi connectivity index (χ4v) is 5.68. The summed E-state index contributed by atoms with van der Waals surface area (Å²) in [6.45, 7) is 4.25. The Kier molecular flexibility index (Phi) is 4.28. The minimum atomic E-state index is 0.781. The lowest BCUT2D eigenvalue weighted by molar-refractivity contribution is 0.205. The molecule has 8 heteroatoms. The second kappa shape index (κ2) is 7.14. The molecule has 0 aromatic carbocycles. The Morgan fingerprint density at radius 1 is 1.23 bits per heavy atom. The van der Waals surface area contributed by atoms with Crippen molar-refractivity contribution in [2.45, 2.75) is 38.8 Å². The van der Waals surface area contributed by atoms with Crippen LogP contribution in [0, 0.1) is 12.8 Å². The first-order chi connectivity index (χ1) is 14.7. The molecule has 1 aliphatic heterocycles. The molecule has 1 saturated heterocycles. The zero-order valence-corrected chi connectivity index (χ0v) is 17.6. The number of nitrogens with zero attached hydrogens (tertiary/aromatic N) is 5. The molecule has 2 aliphatic rings. The fourth-order valence-electron chi connectivity index (χ4n) is 4.83. The van der Waals surface area contributed by atoms with Gasteiger partial charge in [0.2, 0.25) is 0 Å². The zero-order chi connectivity index (χ0) is 20.1. The van der Waals surface area contributed by atoms with E-state index in [-0.39, 0.29) is 0 Å². The molecule has 7 nitrogen and oxygen atoms in total. The normalized spacial score (nSPS) is 21.0. The fraction of sp³-hybridized carbons (Fsp3) is 0.364. The number of aryl methyl sites for hydroxylation is 1. The van der Waals surface area contributed by atoms with Crippen LogP contribution in [-0.2, 0) is 6.54 Å². The highest BCUT2D eigenvalue weighted by molar-refractivity contribution is 7.21. The van der Waals surface area contributed by atoms with Gasteiger partial charge in [-0.3, -0.25) is 10.00 Å². The first-order valence-corrected chi connectivity index (χ1v) is 11.3. The molecule has 0 unspecified atom stereocenters. The Morgan fingerprint density at radius 3 is 3.00 bits per heavy atom. The van der Waals surface area contributed by atoms with Crippen molar-refractivity contribution in [3.63, 3.8) is 0 Å². The average molecular weight is 418 g/mol. The number of rotatable bonds is 5. The summed E-state index contributed by atoms with van der Waals surface area (Å²) in [5.74, 6) is 1.75. The molecule has 2 N–H and O–H groups in total. The van der Waals surface area contributed by atoms with E-state index < -0.39 is 0 Å². The zero-order valence-electron chi connectivity index (χ0n) is 16.8. The Labute approximate surface area is 178 Å². The molecule has 0 spiro atoms. The third kappa shape index (κ3) is 3.26. The topological polar surface area (TPSA) is 82.6 Å². The lowest BCUT2D eigenvalue weighted by atomic mass is 10.1. The molecular weight excluding hydrogens is 394 g/mol. The Morgan fingerprint density at radius 2 is 2.20 bits per heavy atom. The number of piperidine rings is 1. The minimum absolute atomic E-state index is 0.781. The summed E-state index contributed by atoms with van der Waals surface area (Å²) in [6, 6.07) is 9.05. The van der Waals surface area contributed by atoms with Gasteiger partial charge in [-0.15, -0.1) is 0 Å². The van der Waals surface area contributed by atoms with Crippen molar-refractivity contribution in [2.75, 3.05) is 11.9 Å². The third-order valence-electron chi connectivity index (χ3n) is 6.33. The first-order valence-electron chi connectivity index (χ1n) is 10.5. The van der Waals surface area contributed by atoms with Crippen LogP contribution in [-0.4, -0.2) is 42.6 Å². The number of H-pyrrole nitrogens is 1. The number of hydrogen-bond acceptors (Lipinski definition) is 7. The average Bonchev–Trinajstić information content (AvgIpc) is 3.51. The van der Waals surface area contributed by atoms with Crippen LogP contribution >= 0.6 is 11.3 Å². The van der Waals surface area contributed by atoms with Crippen LogP contribution < -0.4 is 5.32 Å². The van der Waals surface area contributed by atoms with Crippen LogP contribution in [0.15, 0.2) is 36.7 Å². The highest BCUT2D eigenvalue weighted by Gasteiger charge is 2.37. The molecule has 4 aromatic rings. The number of thiazole rings is 1. The van der Waals surface area contributed by atoms with Gasteiger partial charge in [-0.05, 0) is 61.9 Å². The van der Waals surface area contributed by atoms with E-state index in [2.05, 4.69) is 42.5 Å². The number of fused-ring (bicyclic) bond motifs is 3. The largest absolute Gasteiger partial charge is 0.316 e. The van der Waals surface area contributed by atoms with E-state index in [0.717, 1.165) is 56.8 Å². The molecule has 30 heavy (non-hydrogen) atoms. The SMILES string of the molecule is Cc1[nH]ncc1-c1ccc2nc(Nc3cc(CN4C[C@@H]5CC[C@H]4C5)ccn3)sc2n1. The Balaban J connectivity index is 1.21. The smallest absolute Gasteiger partial charge is 0.190 e. The summed E-state index contributed by atoms with van der Waals surface area (Å²) in [5.41, 5.74) is 5.12. The van der Waals surface area contributed by atoms with E-state index in [4.69, 9.17) is 4.98 Å². The van der Waals surface area contributed by atoms with E-state index in [1.54, 1.807) is 11.3 Å². The molecule has 152 valence electrons. The number of nitrogens with one attached hydrogen (secondary N) is 2. The van der Waals surface area contributed by atoms with Gasteiger partial charge in [-0.25, -0.2) is 15.0 Å². The molecule has 1 saturated carbocycles. The number of likely N-dealkylation sites (tertiary alicyclic amines) is 1. The molecule has 1 aliphatic carbocycles. The summed E-state index contributed by atoms with van der Waals surface area (Å²) in [7, 11) is 0. The van der Waals surface area contributed by atoms with Gasteiger partial charge in [0.1, 0.15) is 16.2 Å². The van der Waals surface area contributed by atoms with Crippen LogP contribution in [0.1, 0.15) is 30.5 Å². The van der Waals surface area contributed by atoms with Crippen molar-refractivity contribution in [1.82, 2.24) is 30.0 Å². The molecule has 2 bridgehead atoms. The Bertz CT molecular complexity index is 1210. The van der Waals surface area contributed by atoms with Gasteiger partial charge in [0, 0.05) is 36.6 Å². The molecule has 6 rings (SSSR count). The van der Waals surface area contributed by atoms with Crippen LogP contribution in [0.5, 0.6) is 0 Å². The van der Waals surface area contributed by atoms with Crippen molar-refractivity contribution < 1.29 is 0 Å². The van der Waals surface area contributed by atoms with Gasteiger partial charge in [0.25, 0.3) is 0 Å². The Hall–Kier alpha value is -2.84. The lowest BCUT2D eigenvalue weighted by Gasteiger charge is -2.26. The van der Waals surface area contributed by atoms with E-state index in [0.29, 0.717) is 0 Å². The van der Waals surface area contributed by atoms with Crippen molar-refractivity contribution in [2.24, 2.45) is 5.92 Å². The summed E-state index contributed by atoms with van der Waals surface area (Å²) >= 11 is 1.54. The summed E-state index contributed by atoms with van der Waals surface area (Å²) in [6.07, 6.45) is 7.86. The van der Waals surface area contributed by atoms with Gasteiger partial charge >= 0.3 is 0 Å². The summed E-state index contributed by atoms with van der Waals surface area (Å²) in [4.78, 5) is 17.5. The number of aromatic nitrogens is 5. The summed E-state index contributed by atoms with van der Waals surface area (Å²) in [5, 5.41) is 11.2. The number of pyridine rings is 2. The van der Waals surface area contributed by atoms with Crippen LogP contribution in [0.3, 0.4) is 0 Å².